The molecule has 25 heavy (non-hydrogen) atoms. The lowest BCUT2D eigenvalue weighted by atomic mass is 10.1. The van der Waals surface area contributed by atoms with E-state index in [0.29, 0.717) is 6.42 Å². The van der Waals surface area contributed by atoms with Gasteiger partial charge in [-0.15, -0.1) is 0 Å². The van der Waals surface area contributed by atoms with Crippen molar-refractivity contribution in [2.45, 2.75) is 25.8 Å². The van der Waals surface area contributed by atoms with E-state index < -0.39 is 5.97 Å². The molecule has 0 radical (unpaired) electrons. The summed E-state index contributed by atoms with van der Waals surface area (Å²) in [6.45, 7) is 0.824. The summed E-state index contributed by atoms with van der Waals surface area (Å²) in [6, 6.07) is 14.4. The smallest absolute Gasteiger partial charge is 0.328 e. The molecule has 1 N–H and O–H groups in total. The number of nitriles is 1. The Balaban J connectivity index is 2.12. The summed E-state index contributed by atoms with van der Waals surface area (Å²) in [5.41, 5.74) is 3.08. The molecule has 0 saturated heterocycles. The molecule has 0 amide bonds. The Morgan fingerprint density at radius 3 is 2.60 bits per heavy atom. The Kier molecular flexibility index (Phi) is 5.20. The molecule has 0 atom stereocenters. The second-order valence-electron chi connectivity index (χ2n) is 5.88. The summed E-state index contributed by atoms with van der Waals surface area (Å²) in [5, 5.41) is 19.9. The first-order valence-corrected chi connectivity index (χ1v) is 8.89. The first kappa shape index (κ1) is 17.2. The molecule has 5 heteroatoms. The fourth-order valence-corrected chi connectivity index (χ4v) is 3.42. The third-order valence-electron chi connectivity index (χ3n) is 4.19. The van der Waals surface area contributed by atoms with Gasteiger partial charge in [0.25, 0.3) is 0 Å². The van der Waals surface area contributed by atoms with Crippen LogP contribution in [-0.4, -0.2) is 15.6 Å². The van der Waals surface area contributed by atoms with Crippen molar-refractivity contribution in [1.82, 2.24) is 4.57 Å². The minimum atomic E-state index is -0.957. The highest BCUT2D eigenvalue weighted by molar-refractivity contribution is 9.10. The number of aromatic nitrogens is 1. The quantitative estimate of drug-likeness (QED) is 0.451. The molecule has 3 aromatic rings. The third-order valence-corrected chi connectivity index (χ3v) is 4.69. The highest BCUT2D eigenvalue weighted by atomic mass is 79.9. The summed E-state index contributed by atoms with van der Waals surface area (Å²) in [6.07, 6.45) is 5.11. The number of aryl methyl sites for hydroxylation is 1. The van der Waals surface area contributed by atoms with Crippen molar-refractivity contribution in [2.24, 2.45) is 0 Å². The molecular weight excluding hydrogens is 380 g/mol. The van der Waals surface area contributed by atoms with Crippen molar-refractivity contribution >= 4 is 49.8 Å². The Hall–Kier alpha value is -2.58. The number of hydrogen-bond acceptors (Lipinski definition) is 2. The van der Waals surface area contributed by atoms with Gasteiger partial charge in [-0.2, -0.15) is 5.26 Å². The molecule has 3 rings (SSSR count). The topological polar surface area (TPSA) is 66.0 Å². The van der Waals surface area contributed by atoms with Gasteiger partial charge in [-0.1, -0.05) is 34.1 Å². The van der Waals surface area contributed by atoms with E-state index in [1.54, 1.807) is 6.08 Å². The van der Waals surface area contributed by atoms with Gasteiger partial charge in [-0.05, 0) is 42.7 Å². The molecule has 0 spiro atoms. The summed E-state index contributed by atoms with van der Waals surface area (Å²) < 4.78 is 3.28. The van der Waals surface area contributed by atoms with Crippen LogP contribution < -0.4 is 0 Å². The maximum atomic E-state index is 10.8. The average Bonchev–Trinajstić information content (AvgIpc) is 2.89. The molecule has 0 saturated carbocycles. The van der Waals surface area contributed by atoms with Crippen LogP contribution in [0.1, 0.15) is 24.8 Å². The Labute approximate surface area is 154 Å². The van der Waals surface area contributed by atoms with E-state index >= 15 is 0 Å². The highest BCUT2D eigenvalue weighted by Gasteiger charge is 2.11. The number of rotatable bonds is 6. The number of fused-ring (bicyclic) bond motifs is 3. The van der Waals surface area contributed by atoms with Gasteiger partial charge >= 0.3 is 5.97 Å². The molecule has 1 heterocycles. The summed E-state index contributed by atoms with van der Waals surface area (Å²) >= 11 is 3.54. The SMILES string of the molecule is N#CCCCCn1c2cc(Br)ccc2c2ccc(/C=C/C(=O)O)cc21. The van der Waals surface area contributed by atoms with Crippen molar-refractivity contribution in [2.75, 3.05) is 0 Å². The number of benzene rings is 2. The maximum absolute atomic E-state index is 10.8. The summed E-state index contributed by atoms with van der Waals surface area (Å²) in [7, 11) is 0. The van der Waals surface area contributed by atoms with Crippen LogP contribution in [0.3, 0.4) is 0 Å². The van der Waals surface area contributed by atoms with E-state index in [1.807, 2.05) is 24.3 Å². The van der Waals surface area contributed by atoms with Crippen molar-refractivity contribution in [3.8, 4) is 6.07 Å². The third kappa shape index (κ3) is 3.75. The zero-order valence-electron chi connectivity index (χ0n) is 13.6. The van der Waals surface area contributed by atoms with Crippen LogP contribution in [0, 0.1) is 11.3 Å². The fraction of sp³-hybridized carbons (Fsp3) is 0.200. The fourth-order valence-electron chi connectivity index (χ4n) is 3.07. The highest BCUT2D eigenvalue weighted by Crippen LogP contribution is 2.32. The number of aliphatic carboxylic acids is 1. The predicted octanol–water partition coefficient (Wildman–Crippen LogP) is 5.35. The van der Waals surface area contributed by atoms with E-state index in [-0.39, 0.29) is 0 Å². The van der Waals surface area contributed by atoms with E-state index in [4.69, 9.17) is 10.4 Å². The molecule has 0 fully saturated rings. The summed E-state index contributed by atoms with van der Waals surface area (Å²) in [4.78, 5) is 10.8. The van der Waals surface area contributed by atoms with Crippen molar-refractivity contribution in [3.05, 3.63) is 52.5 Å². The standard InChI is InChI=1S/C20H17BrN2O2/c21-15-6-8-17-16-7-4-14(5-9-20(24)25)12-18(16)23(19(17)13-15)11-3-1-2-10-22/h4-9,12-13H,1-3,11H2,(H,24,25)/b9-5+. The molecule has 0 aliphatic heterocycles. The van der Waals surface area contributed by atoms with Gasteiger partial charge in [0.1, 0.15) is 0 Å². The van der Waals surface area contributed by atoms with E-state index in [0.717, 1.165) is 51.9 Å². The number of halogens is 1. The van der Waals surface area contributed by atoms with Gasteiger partial charge < -0.3 is 9.67 Å². The van der Waals surface area contributed by atoms with Crippen LogP contribution in [0.15, 0.2) is 46.9 Å². The Morgan fingerprint density at radius 1 is 1.16 bits per heavy atom. The zero-order chi connectivity index (χ0) is 17.8. The van der Waals surface area contributed by atoms with Crippen LogP contribution in [0.5, 0.6) is 0 Å². The number of carboxylic acids is 1. The second-order valence-corrected chi connectivity index (χ2v) is 6.79. The van der Waals surface area contributed by atoms with Crippen LogP contribution in [0.25, 0.3) is 27.9 Å². The maximum Gasteiger partial charge on any atom is 0.328 e. The van der Waals surface area contributed by atoms with Gasteiger partial charge in [0.15, 0.2) is 0 Å². The first-order chi connectivity index (χ1) is 12.1. The van der Waals surface area contributed by atoms with Crippen LogP contribution in [0.2, 0.25) is 0 Å². The lowest BCUT2D eigenvalue weighted by Crippen LogP contribution is -1.98. The number of nitrogens with zero attached hydrogens (tertiary/aromatic N) is 2. The molecule has 1 aromatic heterocycles. The lowest BCUT2D eigenvalue weighted by molar-refractivity contribution is -0.131. The predicted molar refractivity (Wildman–Crippen MR) is 103 cm³/mol. The van der Waals surface area contributed by atoms with Crippen molar-refractivity contribution in [3.63, 3.8) is 0 Å². The van der Waals surface area contributed by atoms with Gasteiger partial charge in [0.2, 0.25) is 0 Å². The zero-order valence-corrected chi connectivity index (χ0v) is 15.2. The lowest BCUT2D eigenvalue weighted by Gasteiger charge is -2.07. The minimum absolute atomic E-state index is 0.563. The number of carbonyl (C=O) groups is 1. The first-order valence-electron chi connectivity index (χ1n) is 8.09. The number of carboxylic acid groups (broad SMARTS) is 1. The second kappa shape index (κ2) is 7.54. The van der Waals surface area contributed by atoms with Crippen molar-refractivity contribution < 1.29 is 9.90 Å². The monoisotopic (exact) mass is 396 g/mol. The average molecular weight is 397 g/mol. The molecule has 0 aliphatic rings. The van der Waals surface area contributed by atoms with E-state index in [9.17, 15) is 4.79 Å². The minimum Gasteiger partial charge on any atom is -0.478 e. The van der Waals surface area contributed by atoms with Crippen LogP contribution >= 0.6 is 15.9 Å². The van der Waals surface area contributed by atoms with E-state index in [1.165, 1.54) is 5.39 Å². The Bertz CT molecular complexity index is 1010. The van der Waals surface area contributed by atoms with Crippen LogP contribution in [0.4, 0.5) is 0 Å². The molecule has 0 unspecified atom stereocenters. The van der Waals surface area contributed by atoms with Crippen LogP contribution in [-0.2, 0) is 11.3 Å². The number of unbranched alkanes of at least 4 members (excludes halogenated alkanes) is 2. The Morgan fingerprint density at radius 2 is 1.88 bits per heavy atom. The molecular formula is C20H17BrN2O2. The molecule has 0 aliphatic carbocycles. The van der Waals surface area contributed by atoms with Gasteiger partial charge in [-0.25, -0.2) is 4.79 Å². The van der Waals surface area contributed by atoms with E-state index in [2.05, 4.69) is 38.7 Å². The molecule has 4 nitrogen and oxygen atoms in total. The molecule has 126 valence electrons. The van der Waals surface area contributed by atoms with Gasteiger partial charge in [0, 0.05) is 39.8 Å². The summed E-state index contributed by atoms with van der Waals surface area (Å²) in [5.74, 6) is -0.957. The number of hydrogen-bond donors (Lipinski definition) is 1. The van der Waals surface area contributed by atoms with Gasteiger partial charge in [0.05, 0.1) is 11.6 Å². The largest absolute Gasteiger partial charge is 0.478 e. The normalized spacial score (nSPS) is 11.4. The van der Waals surface area contributed by atoms with Gasteiger partial charge in [-0.3, -0.25) is 0 Å². The molecule has 2 aromatic carbocycles. The molecule has 0 bridgehead atoms. The van der Waals surface area contributed by atoms with Crippen molar-refractivity contribution in [1.29, 1.82) is 5.26 Å².